The molecule has 5 N–H and O–H groups in total. The molecule has 0 aliphatic heterocycles. The number of hydrogen-bond acceptors (Lipinski definition) is 2. The van der Waals surface area contributed by atoms with Crippen molar-refractivity contribution in [3.63, 3.8) is 0 Å². The number of rotatable bonds is 15. The van der Waals surface area contributed by atoms with E-state index in [1.807, 2.05) is 6.20 Å². The lowest BCUT2D eigenvalue weighted by Crippen LogP contribution is -2.11. The summed E-state index contributed by atoms with van der Waals surface area (Å²) in [6.45, 7) is 7.50. The topological polar surface area (TPSA) is 107 Å². The molecule has 0 atom stereocenters. The van der Waals surface area contributed by atoms with E-state index < -0.39 is 0 Å². The van der Waals surface area contributed by atoms with Crippen molar-refractivity contribution >= 4 is 33.6 Å². The standard InChI is InChI=1S/C26H34N2O.C18H18N2O.2CH4/c1-3-4-5-6-7-8-16-28-19-23(13-15-26(27)29)24-18-22(12-14-25(24)28)21-11-9-10-20(2)17-21;1-12-3-2-4-13(9-12)14-5-7-17-16(10-14)15(11-20-17)6-8-18(19)21;;/h9-12,14,17-19H,3-8,13,15-16H2,1-2H3,(H2,27,29);2-5,7,9-11,20H,6,8H2,1H3,(H2,19,21);2*1H4. The monoisotopic (exact) mass is 700 g/mol. The first kappa shape index (κ1) is 41.3. The molecule has 0 saturated carbocycles. The molecule has 0 aliphatic rings. The molecule has 4 aromatic carbocycles. The molecule has 6 heteroatoms. The Morgan fingerprint density at radius 1 is 0.635 bits per heavy atom. The molecule has 0 fully saturated rings. The van der Waals surface area contributed by atoms with Crippen LogP contribution in [-0.2, 0) is 29.0 Å². The number of amides is 2. The highest BCUT2D eigenvalue weighted by molar-refractivity contribution is 5.90. The zero-order valence-electron chi connectivity index (χ0n) is 29.9. The third-order valence-electron chi connectivity index (χ3n) is 9.47. The summed E-state index contributed by atoms with van der Waals surface area (Å²) in [7, 11) is 0. The number of nitrogens with one attached hydrogen (secondary N) is 1. The fraction of sp³-hybridized carbons (Fsp3) is 0.348. The molecular weight excluding hydrogens is 641 g/mol. The van der Waals surface area contributed by atoms with Crippen LogP contribution in [-0.4, -0.2) is 21.4 Å². The lowest BCUT2D eigenvalue weighted by molar-refractivity contribution is -0.118. The van der Waals surface area contributed by atoms with Crippen molar-refractivity contribution in [2.24, 2.45) is 11.5 Å². The van der Waals surface area contributed by atoms with Crippen LogP contribution in [0.4, 0.5) is 0 Å². The maximum Gasteiger partial charge on any atom is 0.217 e. The van der Waals surface area contributed by atoms with Crippen molar-refractivity contribution in [1.82, 2.24) is 9.55 Å². The van der Waals surface area contributed by atoms with Gasteiger partial charge in [0.2, 0.25) is 11.8 Å². The second kappa shape index (κ2) is 20.1. The number of carbonyl (C=O) groups excluding carboxylic acids is 2. The summed E-state index contributed by atoms with van der Waals surface area (Å²) in [5, 5.41) is 2.41. The number of aryl methyl sites for hydroxylation is 5. The lowest BCUT2D eigenvalue weighted by atomic mass is 10.00. The van der Waals surface area contributed by atoms with Gasteiger partial charge < -0.3 is 21.0 Å². The highest BCUT2D eigenvalue weighted by Crippen LogP contribution is 2.30. The fourth-order valence-corrected chi connectivity index (χ4v) is 6.73. The summed E-state index contributed by atoms with van der Waals surface area (Å²) in [5.41, 5.74) is 22.7. The van der Waals surface area contributed by atoms with Crippen molar-refractivity contribution in [1.29, 1.82) is 0 Å². The van der Waals surface area contributed by atoms with Gasteiger partial charge in [-0.2, -0.15) is 0 Å². The fourth-order valence-electron chi connectivity index (χ4n) is 6.73. The van der Waals surface area contributed by atoms with Gasteiger partial charge in [0.15, 0.2) is 0 Å². The average molecular weight is 701 g/mol. The highest BCUT2D eigenvalue weighted by atomic mass is 16.1. The summed E-state index contributed by atoms with van der Waals surface area (Å²) in [6, 6.07) is 30.2. The van der Waals surface area contributed by atoms with Crippen LogP contribution in [0.15, 0.2) is 97.3 Å². The molecule has 0 radical (unpaired) electrons. The predicted molar refractivity (Wildman–Crippen MR) is 222 cm³/mol. The van der Waals surface area contributed by atoms with Crippen LogP contribution in [0.3, 0.4) is 0 Å². The molecule has 0 spiro atoms. The Kier molecular flexibility index (Phi) is 15.9. The summed E-state index contributed by atoms with van der Waals surface area (Å²) in [4.78, 5) is 25.6. The molecule has 0 aliphatic carbocycles. The first-order chi connectivity index (χ1) is 24.2. The van der Waals surface area contributed by atoms with Crippen molar-refractivity contribution < 1.29 is 9.59 Å². The van der Waals surface area contributed by atoms with Gasteiger partial charge in [-0.25, -0.2) is 0 Å². The Labute approximate surface area is 311 Å². The Hall–Kier alpha value is -5.10. The van der Waals surface area contributed by atoms with E-state index >= 15 is 0 Å². The van der Waals surface area contributed by atoms with E-state index in [9.17, 15) is 9.59 Å². The first-order valence-electron chi connectivity index (χ1n) is 18.1. The SMILES string of the molecule is C.C.CCCCCCCCn1cc(CCC(N)=O)c2cc(-c3cccc(C)c3)ccc21.Cc1cccc(-c2ccc3[nH]cc(CCC(N)=O)c3c2)c1. The lowest BCUT2D eigenvalue weighted by Gasteiger charge is -2.07. The normalized spacial score (nSPS) is 10.7. The van der Waals surface area contributed by atoms with Crippen LogP contribution in [0, 0.1) is 13.8 Å². The van der Waals surface area contributed by atoms with Gasteiger partial charge in [0, 0.05) is 53.6 Å². The van der Waals surface area contributed by atoms with Crippen molar-refractivity contribution in [2.75, 3.05) is 0 Å². The maximum atomic E-state index is 11.4. The van der Waals surface area contributed by atoms with Gasteiger partial charge in [-0.15, -0.1) is 0 Å². The molecule has 52 heavy (non-hydrogen) atoms. The number of nitrogens with two attached hydrogens (primary N) is 2. The summed E-state index contributed by atoms with van der Waals surface area (Å²) >= 11 is 0. The smallest absolute Gasteiger partial charge is 0.217 e. The van der Waals surface area contributed by atoms with Crippen LogP contribution in [0.2, 0.25) is 0 Å². The van der Waals surface area contributed by atoms with Crippen LogP contribution < -0.4 is 11.5 Å². The van der Waals surface area contributed by atoms with Crippen LogP contribution in [0.5, 0.6) is 0 Å². The Morgan fingerprint density at radius 2 is 1.17 bits per heavy atom. The number of carbonyl (C=O) groups is 2. The zero-order chi connectivity index (χ0) is 35.5. The summed E-state index contributed by atoms with van der Waals surface area (Å²) in [6.07, 6.45) is 14.1. The number of unbranched alkanes of at least 4 members (excludes halogenated alkanes) is 5. The van der Waals surface area contributed by atoms with Gasteiger partial charge in [-0.05, 0) is 90.8 Å². The highest BCUT2D eigenvalue weighted by Gasteiger charge is 2.12. The number of aromatic nitrogens is 2. The quantitative estimate of drug-likeness (QED) is 0.0927. The van der Waals surface area contributed by atoms with E-state index in [2.05, 4.69) is 121 Å². The van der Waals surface area contributed by atoms with Crippen LogP contribution >= 0.6 is 0 Å². The Bertz CT molecular complexity index is 2050. The van der Waals surface area contributed by atoms with Gasteiger partial charge in [-0.1, -0.05) is 126 Å². The minimum atomic E-state index is -0.265. The second-order valence-electron chi connectivity index (χ2n) is 13.6. The second-order valence-corrected chi connectivity index (χ2v) is 13.6. The molecule has 2 heterocycles. The largest absolute Gasteiger partial charge is 0.370 e. The van der Waals surface area contributed by atoms with E-state index in [-0.39, 0.29) is 26.7 Å². The number of primary amides is 2. The number of fused-ring (bicyclic) bond motifs is 2. The number of H-pyrrole nitrogens is 1. The number of aromatic amines is 1. The average Bonchev–Trinajstić information content (AvgIpc) is 3.68. The molecule has 6 nitrogen and oxygen atoms in total. The van der Waals surface area contributed by atoms with E-state index in [0.29, 0.717) is 25.7 Å². The molecule has 276 valence electrons. The maximum absolute atomic E-state index is 11.4. The molecular formula is C46H60N4O2. The Balaban J connectivity index is 0.000000282. The van der Waals surface area contributed by atoms with Crippen molar-refractivity contribution in [3.05, 3.63) is 120 Å². The number of hydrogen-bond donors (Lipinski definition) is 3. The van der Waals surface area contributed by atoms with Gasteiger partial charge >= 0.3 is 0 Å². The summed E-state index contributed by atoms with van der Waals surface area (Å²) < 4.78 is 2.37. The third-order valence-corrected chi connectivity index (χ3v) is 9.47. The zero-order valence-corrected chi connectivity index (χ0v) is 29.9. The van der Waals surface area contributed by atoms with E-state index in [1.165, 1.54) is 88.4 Å². The molecule has 0 unspecified atom stereocenters. The summed E-state index contributed by atoms with van der Waals surface area (Å²) in [5.74, 6) is -0.504. The van der Waals surface area contributed by atoms with E-state index in [0.717, 1.165) is 23.0 Å². The molecule has 6 rings (SSSR count). The number of benzene rings is 4. The van der Waals surface area contributed by atoms with Gasteiger partial charge in [-0.3, -0.25) is 9.59 Å². The van der Waals surface area contributed by atoms with Crippen LogP contribution in [0.1, 0.15) is 95.4 Å². The molecule has 6 aromatic rings. The third kappa shape index (κ3) is 11.2. The minimum Gasteiger partial charge on any atom is -0.370 e. The first-order valence-corrected chi connectivity index (χ1v) is 18.1. The van der Waals surface area contributed by atoms with Gasteiger partial charge in [0.05, 0.1) is 0 Å². The Morgan fingerprint density at radius 3 is 1.77 bits per heavy atom. The van der Waals surface area contributed by atoms with Gasteiger partial charge in [0.1, 0.15) is 0 Å². The van der Waals surface area contributed by atoms with Crippen LogP contribution in [0.25, 0.3) is 44.1 Å². The van der Waals surface area contributed by atoms with E-state index in [1.54, 1.807) is 0 Å². The molecule has 0 bridgehead atoms. The van der Waals surface area contributed by atoms with E-state index in [4.69, 9.17) is 11.5 Å². The van der Waals surface area contributed by atoms with Crippen molar-refractivity contribution in [3.8, 4) is 22.3 Å². The molecule has 2 amide bonds. The molecule has 0 saturated heterocycles. The van der Waals surface area contributed by atoms with Crippen molar-refractivity contribution in [2.45, 2.75) is 106 Å². The van der Waals surface area contributed by atoms with Gasteiger partial charge in [0.25, 0.3) is 0 Å². The number of nitrogens with zero attached hydrogens (tertiary/aromatic N) is 1. The predicted octanol–water partition coefficient (Wildman–Crippen LogP) is 11.2. The molecule has 2 aromatic heterocycles. The minimum absolute atomic E-state index is 0.